The first kappa shape index (κ1) is 31.6. The monoisotopic (exact) mass is 739 g/mol. The lowest BCUT2D eigenvalue weighted by Gasteiger charge is -2.31. The van der Waals surface area contributed by atoms with Crippen molar-refractivity contribution in [2.24, 2.45) is 9.98 Å². The fraction of sp³-hybridized carbons (Fsp3) is 0.0370. The molecule has 10 aromatic rings. The van der Waals surface area contributed by atoms with E-state index in [1.807, 2.05) is 42.5 Å². The molecule has 2 aliphatic carbocycles. The Morgan fingerprint density at radius 1 is 0.466 bits per heavy atom. The molecule has 3 aliphatic rings. The van der Waals surface area contributed by atoms with Crippen molar-refractivity contribution >= 4 is 55.2 Å². The molecule has 9 aromatic carbocycles. The third-order valence-electron chi connectivity index (χ3n) is 12.7. The van der Waals surface area contributed by atoms with Gasteiger partial charge in [-0.1, -0.05) is 164 Å². The molecular formula is C54H33N3O. The number of fused-ring (bicyclic) bond motifs is 10. The molecule has 1 aromatic heterocycles. The van der Waals surface area contributed by atoms with Crippen LogP contribution in [0.2, 0.25) is 0 Å². The molecule has 1 N–H and O–H groups in total. The van der Waals surface area contributed by atoms with Crippen LogP contribution in [-0.4, -0.2) is 11.7 Å². The van der Waals surface area contributed by atoms with Crippen LogP contribution in [0.4, 0.5) is 0 Å². The maximum Gasteiger partial charge on any atom is 0.159 e. The van der Waals surface area contributed by atoms with E-state index in [1.54, 1.807) is 0 Å². The number of nitrogens with one attached hydrogen (secondary N) is 1. The van der Waals surface area contributed by atoms with Crippen molar-refractivity contribution in [2.45, 2.75) is 11.6 Å². The summed E-state index contributed by atoms with van der Waals surface area (Å²) in [7, 11) is 0. The summed E-state index contributed by atoms with van der Waals surface area (Å²) in [5.41, 5.74) is 14.8. The summed E-state index contributed by atoms with van der Waals surface area (Å²) < 4.78 is 6.15. The van der Waals surface area contributed by atoms with E-state index in [0.29, 0.717) is 5.84 Å². The van der Waals surface area contributed by atoms with Crippen LogP contribution in [0.25, 0.3) is 65.7 Å². The molecule has 0 saturated heterocycles. The molecule has 0 bridgehead atoms. The molecule has 0 radical (unpaired) electrons. The summed E-state index contributed by atoms with van der Waals surface area (Å²) in [5.74, 6) is 1.48. The van der Waals surface area contributed by atoms with Crippen molar-refractivity contribution < 1.29 is 4.42 Å². The van der Waals surface area contributed by atoms with Gasteiger partial charge in [-0.2, -0.15) is 0 Å². The number of para-hydroxylation sites is 1. The Balaban J connectivity index is 0.939. The van der Waals surface area contributed by atoms with E-state index in [-0.39, 0.29) is 11.6 Å². The van der Waals surface area contributed by atoms with Crippen molar-refractivity contribution in [3.05, 3.63) is 227 Å². The highest BCUT2D eigenvalue weighted by atomic mass is 16.3. The van der Waals surface area contributed by atoms with Crippen molar-refractivity contribution in [3.8, 4) is 22.3 Å². The second-order valence-corrected chi connectivity index (χ2v) is 15.7. The van der Waals surface area contributed by atoms with E-state index in [2.05, 4.69) is 151 Å². The van der Waals surface area contributed by atoms with Gasteiger partial charge in [0.25, 0.3) is 0 Å². The van der Waals surface area contributed by atoms with Gasteiger partial charge >= 0.3 is 0 Å². The Labute approximate surface area is 334 Å². The highest BCUT2D eigenvalue weighted by molar-refractivity contribution is 6.18. The molecule has 0 saturated carbocycles. The molecule has 1 aliphatic heterocycles. The number of hydrogen-bond donors (Lipinski definition) is 1. The number of rotatable bonds is 4. The Hall–Kier alpha value is -7.56. The van der Waals surface area contributed by atoms with Gasteiger partial charge in [0.05, 0.1) is 5.41 Å². The minimum atomic E-state index is -0.388. The number of hydrogen-bond acceptors (Lipinski definition) is 4. The van der Waals surface area contributed by atoms with E-state index in [9.17, 15) is 0 Å². The molecule has 4 nitrogen and oxygen atoms in total. The number of aliphatic imine (C=N–C) groups is 2. The number of amidine groups is 2. The van der Waals surface area contributed by atoms with Gasteiger partial charge in [0.2, 0.25) is 0 Å². The van der Waals surface area contributed by atoms with Gasteiger partial charge in [-0.3, -0.25) is 0 Å². The van der Waals surface area contributed by atoms with Crippen LogP contribution in [0.1, 0.15) is 45.1 Å². The SMILES string of the molecule is c1ccc(C2=NC(c3ccc4oc5ccccc5c4c3)=NC(c3ccc(-c4cccc5c4-c4ccccc4C54c5cccc6ccc7cccc4c7c56)cc3)N2)cc1. The normalized spacial score (nSPS) is 15.9. The quantitative estimate of drug-likeness (QED) is 0.183. The van der Waals surface area contributed by atoms with Gasteiger partial charge in [0.15, 0.2) is 5.84 Å². The van der Waals surface area contributed by atoms with E-state index in [1.165, 1.54) is 66.1 Å². The zero-order valence-electron chi connectivity index (χ0n) is 31.3. The molecule has 1 unspecified atom stereocenters. The topological polar surface area (TPSA) is 49.9 Å². The van der Waals surface area contributed by atoms with E-state index in [4.69, 9.17) is 14.4 Å². The molecule has 4 heteroatoms. The minimum absolute atomic E-state index is 0.336. The van der Waals surface area contributed by atoms with Crippen LogP contribution >= 0.6 is 0 Å². The zero-order chi connectivity index (χ0) is 38.0. The highest BCUT2D eigenvalue weighted by Gasteiger charge is 2.51. The van der Waals surface area contributed by atoms with Crippen LogP contribution in [0.5, 0.6) is 0 Å². The third kappa shape index (κ3) is 4.24. The average molecular weight is 740 g/mol. The van der Waals surface area contributed by atoms with Gasteiger partial charge in [-0.25, -0.2) is 9.98 Å². The standard InChI is InChI=1S/C54H33N3O/c1-2-11-35(12-3-1)51-55-52(57-53(56-51)37-29-30-47-41(31-37)39-15-5-7-22-46(39)58-47)36-27-23-32(24-28-36)38-17-10-21-45-50(38)40-16-4-6-18-42(40)54(45)43-19-8-13-33-25-26-34-14-9-20-44(54)49(34)48(33)43/h1-31,52H,(H,55,56,57). The largest absolute Gasteiger partial charge is 0.456 e. The Bertz CT molecular complexity index is 3370. The van der Waals surface area contributed by atoms with Gasteiger partial charge in [0, 0.05) is 21.9 Å². The lowest BCUT2D eigenvalue weighted by atomic mass is 9.70. The second kappa shape index (κ2) is 11.7. The maximum atomic E-state index is 6.15. The molecular weight excluding hydrogens is 707 g/mol. The lowest BCUT2D eigenvalue weighted by Crippen LogP contribution is -2.33. The first-order chi connectivity index (χ1) is 28.7. The molecule has 270 valence electrons. The molecule has 2 heterocycles. The second-order valence-electron chi connectivity index (χ2n) is 15.7. The Morgan fingerprint density at radius 2 is 1.10 bits per heavy atom. The third-order valence-corrected chi connectivity index (χ3v) is 12.7. The highest BCUT2D eigenvalue weighted by Crippen LogP contribution is 2.63. The van der Waals surface area contributed by atoms with Gasteiger partial charge in [0.1, 0.15) is 23.2 Å². The first-order valence-corrected chi connectivity index (χ1v) is 19.9. The summed E-state index contributed by atoms with van der Waals surface area (Å²) in [6, 6.07) is 67.9. The smallest absolute Gasteiger partial charge is 0.159 e. The van der Waals surface area contributed by atoms with E-state index >= 15 is 0 Å². The van der Waals surface area contributed by atoms with E-state index < -0.39 is 0 Å². The predicted molar refractivity (Wildman–Crippen MR) is 237 cm³/mol. The number of benzene rings is 9. The molecule has 0 amide bonds. The fourth-order valence-corrected chi connectivity index (χ4v) is 10.3. The van der Waals surface area contributed by atoms with Crippen molar-refractivity contribution in [1.29, 1.82) is 0 Å². The van der Waals surface area contributed by atoms with Crippen molar-refractivity contribution in [2.75, 3.05) is 0 Å². The van der Waals surface area contributed by atoms with Crippen LogP contribution in [-0.2, 0) is 5.41 Å². The van der Waals surface area contributed by atoms with Crippen molar-refractivity contribution in [3.63, 3.8) is 0 Å². The van der Waals surface area contributed by atoms with Crippen molar-refractivity contribution in [1.82, 2.24) is 5.32 Å². The fourth-order valence-electron chi connectivity index (χ4n) is 10.3. The number of furan rings is 1. The van der Waals surface area contributed by atoms with Gasteiger partial charge in [-0.05, 0) is 95.9 Å². The van der Waals surface area contributed by atoms with Crippen LogP contribution in [0.3, 0.4) is 0 Å². The summed E-state index contributed by atoms with van der Waals surface area (Å²) >= 11 is 0. The summed E-state index contributed by atoms with van der Waals surface area (Å²) in [6.45, 7) is 0. The summed E-state index contributed by atoms with van der Waals surface area (Å²) in [4.78, 5) is 10.3. The molecule has 1 spiro atoms. The molecule has 13 rings (SSSR count). The Morgan fingerprint density at radius 3 is 1.91 bits per heavy atom. The first-order valence-electron chi connectivity index (χ1n) is 19.9. The maximum absolute atomic E-state index is 6.15. The van der Waals surface area contributed by atoms with Gasteiger partial charge < -0.3 is 9.73 Å². The lowest BCUT2D eigenvalue weighted by molar-refractivity contribution is 0.668. The van der Waals surface area contributed by atoms with E-state index in [0.717, 1.165) is 44.5 Å². The minimum Gasteiger partial charge on any atom is -0.456 e. The Kier molecular flexibility index (Phi) is 6.40. The van der Waals surface area contributed by atoms with Gasteiger partial charge in [-0.15, -0.1) is 0 Å². The van der Waals surface area contributed by atoms with Crippen LogP contribution < -0.4 is 5.32 Å². The predicted octanol–water partition coefficient (Wildman–Crippen LogP) is 12.7. The summed E-state index contributed by atoms with van der Waals surface area (Å²) in [6.07, 6.45) is -0.336. The zero-order valence-corrected chi connectivity index (χ0v) is 31.3. The molecule has 1 atom stereocenters. The van der Waals surface area contributed by atoms with Crippen LogP contribution in [0.15, 0.2) is 202 Å². The number of nitrogens with zero attached hydrogens (tertiary/aromatic N) is 2. The molecule has 58 heavy (non-hydrogen) atoms. The molecule has 0 fully saturated rings. The average Bonchev–Trinajstić information content (AvgIpc) is 3.93. The summed E-state index contributed by atoms with van der Waals surface area (Å²) in [5, 5.41) is 11.2. The van der Waals surface area contributed by atoms with Crippen LogP contribution in [0, 0.1) is 0 Å².